The average molecular weight is 388 g/mol. The van der Waals surface area contributed by atoms with Crippen molar-refractivity contribution < 1.29 is 14.3 Å². The van der Waals surface area contributed by atoms with Crippen molar-refractivity contribution in [3.05, 3.63) is 64.2 Å². The lowest BCUT2D eigenvalue weighted by atomic mass is 9.96. The first kappa shape index (κ1) is 18.1. The largest absolute Gasteiger partial charge is 0.378 e. The van der Waals surface area contributed by atoms with Gasteiger partial charge in [0.05, 0.1) is 13.2 Å². The van der Waals surface area contributed by atoms with Gasteiger partial charge in [0.15, 0.2) is 0 Å². The molecule has 1 saturated carbocycles. The van der Waals surface area contributed by atoms with E-state index in [4.69, 9.17) is 10.5 Å². The summed E-state index contributed by atoms with van der Waals surface area (Å²) in [5, 5.41) is 0. The minimum absolute atomic E-state index is 0.0373. The minimum atomic E-state index is -0.402. The second kappa shape index (κ2) is 7.16. The molecule has 2 aromatic rings. The molecule has 0 unspecified atom stereocenters. The fraction of sp³-hybridized carbons (Fsp3) is 0.333. The van der Waals surface area contributed by atoms with Crippen LogP contribution in [0.3, 0.4) is 0 Å². The molecule has 1 aliphatic heterocycles. The summed E-state index contributed by atoms with van der Waals surface area (Å²) in [6, 6.07) is 9.90. The van der Waals surface area contributed by atoms with Crippen LogP contribution in [0, 0.1) is 5.92 Å². The lowest BCUT2D eigenvalue weighted by molar-refractivity contribution is 0.0303. The third-order valence-corrected chi connectivity index (χ3v) is 6.03. The van der Waals surface area contributed by atoms with Crippen LogP contribution >= 0.6 is 0 Å². The number of allylic oxidation sites excluding steroid dienone is 1. The summed E-state index contributed by atoms with van der Waals surface area (Å²) in [7, 11) is 0. The van der Waals surface area contributed by atoms with E-state index in [0.717, 1.165) is 27.8 Å². The number of rotatable bonds is 4. The zero-order valence-electron chi connectivity index (χ0n) is 16.3. The summed E-state index contributed by atoms with van der Waals surface area (Å²) in [6.45, 7) is 2.42. The first-order valence-corrected chi connectivity index (χ1v) is 10.3. The van der Waals surface area contributed by atoms with Crippen LogP contribution in [0.5, 0.6) is 0 Å². The molecule has 0 atom stereocenters. The number of nitrogens with two attached hydrogens (primary N) is 1. The smallest absolute Gasteiger partial charge is 0.254 e. The molecular formula is C24H24N2O3. The predicted molar refractivity (Wildman–Crippen MR) is 112 cm³/mol. The summed E-state index contributed by atoms with van der Waals surface area (Å²) in [5.41, 5.74) is 12.1. The van der Waals surface area contributed by atoms with Crippen LogP contribution in [0.15, 0.2) is 36.4 Å². The molecule has 3 aliphatic rings. The van der Waals surface area contributed by atoms with Crippen molar-refractivity contribution in [2.24, 2.45) is 11.7 Å². The maximum Gasteiger partial charge on any atom is 0.254 e. The van der Waals surface area contributed by atoms with Crippen molar-refractivity contribution in [1.29, 1.82) is 0 Å². The molecule has 2 aromatic carbocycles. The fourth-order valence-electron chi connectivity index (χ4n) is 4.25. The fourth-order valence-corrected chi connectivity index (χ4v) is 4.25. The quantitative estimate of drug-likeness (QED) is 0.746. The van der Waals surface area contributed by atoms with Gasteiger partial charge in [-0.1, -0.05) is 18.2 Å². The van der Waals surface area contributed by atoms with E-state index < -0.39 is 5.91 Å². The Bertz CT molecular complexity index is 1030. The molecule has 5 heteroatoms. The zero-order chi connectivity index (χ0) is 20.0. The van der Waals surface area contributed by atoms with Gasteiger partial charge < -0.3 is 15.4 Å². The highest BCUT2D eigenvalue weighted by Gasteiger charge is 2.26. The van der Waals surface area contributed by atoms with Crippen LogP contribution < -0.4 is 5.73 Å². The molecule has 0 bridgehead atoms. The molecule has 0 aromatic heterocycles. The molecule has 0 spiro atoms. The number of hydrogen-bond donors (Lipinski definition) is 1. The molecule has 29 heavy (non-hydrogen) atoms. The summed E-state index contributed by atoms with van der Waals surface area (Å²) in [5.74, 6) is 0.303. The van der Waals surface area contributed by atoms with Gasteiger partial charge in [-0.3, -0.25) is 9.59 Å². The topological polar surface area (TPSA) is 72.6 Å². The standard InChI is InChI=1S/C24H24N2O3/c25-23(27)22-12-16(4-3-15-1-2-15)11-20-19-6-5-17(13-18(19)14-21(20)22)24(28)26-7-9-29-10-8-26/h3-6,11-13,15H,1-2,7-10,14H2,(H2,25,27)/b4-3+. The van der Waals surface area contributed by atoms with Crippen LogP contribution in [0.2, 0.25) is 0 Å². The van der Waals surface area contributed by atoms with Gasteiger partial charge in [-0.05, 0) is 77.3 Å². The van der Waals surface area contributed by atoms with Crippen molar-refractivity contribution in [3.63, 3.8) is 0 Å². The highest BCUT2D eigenvalue weighted by atomic mass is 16.5. The van der Waals surface area contributed by atoms with Crippen LogP contribution in [0.25, 0.3) is 17.2 Å². The molecule has 5 nitrogen and oxygen atoms in total. The van der Waals surface area contributed by atoms with E-state index in [1.807, 2.05) is 29.2 Å². The highest BCUT2D eigenvalue weighted by Crippen LogP contribution is 2.40. The number of hydrogen-bond acceptors (Lipinski definition) is 3. The molecule has 2 aliphatic carbocycles. The molecular weight excluding hydrogens is 364 g/mol. The highest BCUT2D eigenvalue weighted by molar-refractivity contribution is 6.00. The molecule has 0 radical (unpaired) electrons. The van der Waals surface area contributed by atoms with Crippen LogP contribution in [0.1, 0.15) is 50.2 Å². The van der Waals surface area contributed by atoms with E-state index in [-0.39, 0.29) is 5.91 Å². The predicted octanol–water partition coefficient (Wildman–Crippen LogP) is 3.25. The van der Waals surface area contributed by atoms with Crippen LogP contribution in [0.4, 0.5) is 0 Å². The molecule has 148 valence electrons. The third kappa shape index (κ3) is 3.47. The Hall–Kier alpha value is -2.92. The van der Waals surface area contributed by atoms with Gasteiger partial charge in [-0.25, -0.2) is 0 Å². The second-order valence-electron chi connectivity index (χ2n) is 8.11. The number of morpholine rings is 1. The monoisotopic (exact) mass is 388 g/mol. The van der Waals surface area contributed by atoms with Gasteiger partial charge in [0, 0.05) is 24.2 Å². The van der Waals surface area contributed by atoms with E-state index in [1.165, 1.54) is 12.8 Å². The summed E-state index contributed by atoms with van der Waals surface area (Å²) >= 11 is 0. The second-order valence-corrected chi connectivity index (χ2v) is 8.11. The van der Waals surface area contributed by atoms with Crippen molar-refractivity contribution >= 4 is 17.9 Å². The first-order chi connectivity index (χ1) is 14.1. The maximum atomic E-state index is 12.8. The molecule has 2 amide bonds. The Labute approximate surface area is 170 Å². The van der Waals surface area contributed by atoms with Crippen molar-refractivity contribution in [2.75, 3.05) is 26.3 Å². The van der Waals surface area contributed by atoms with Crippen molar-refractivity contribution in [1.82, 2.24) is 4.90 Å². The number of amides is 2. The van der Waals surface area contributed by atoms with E-state index in [2.05, 4.69) is 18.2 Å². The number of benzene rings is 2. The number of carbonyl (C=O) groups excluding carboxylic acids is 2. The van der Waals surface area contributed by atoms with Crippen molar-refractivity contribution in [3.8, 4) is 11.1 Å². The van der Waals surface area contributed by atoms with E-state index in [1.54, 1.807) is 0 Å². The molecule has 1 heterocycles. The zero-order valence-corrected chi connectivity index (χ0v) is 16.3. The maximum absolute atomic E-state index is 12.8. The van der Waals surface area contributed by atoms with E-state index in [9.17, 15) is 9.59 Å². The number of ether oxygens (including phenoxy) is 1. The van der Waals surface area contributed by atoms with E-state index in [0.29, 0.717) is 49.8 Å². The summed E-state index contributed by atoms with van der Waals surface area (Å²) in [4.78, 5) is 26.8. The van der Waals surface area contributed by atoms with Gasteiger partial charge >= 0.3 is 0 Å². The molecule has 2 N–H and O–H groups in total. The average Bonchev–Trinajstić information content (AvgIpc) is 3.50. The number of primary amides is 1. The van der Waals surface area contributed by atoms with Gasteiger partial charge in [0.1, 0.15) is 0 Å². The van der Waals surface area contributed by atoms with Gasteiger partial charge in [-0.15, -0.1) is 0 Å². The molecule has 2 fully saturated rings. The number of nitrogens with zero attached hydrogens (tertiary/aromatic N) is 1. The molecule has 5 rings (SSSR count). The number of carbonyl (C=O) groups is 2. The van der Waals surface area contributed by atoms with Gasteiger partial charge in [0.2, 0.25) is 5.91 Å². The first-order valence-electron chi connectivity index (χ1n) is 10.3. The van der Waals surface area contributed by atoms with E-state index >= 15 is 0 Å². The normalized spacial score (nSPS) is 18.0. The van der Waals surface area contributed by atoms with Crippen LogP contribution in [-0.4, -0.2) is 43.0 Å². The summed E-state index contributed by atoms with van der Waals surface area (Å²) < 4.78 is 5.34. The van der Waals surface area contributed by atoms with Crippen molar-refractivity contribution in [2.45, 2.75) is 19.3 Å². The lowest BCUT2D eigenvalue weighted by Crippen LogP contribution is -2.40. The van der Waals surface area contributed by atoms with Gasteiger partial charge in [-0.2, -0.15) is 0 Å². The van der Waals surface area contributed by atoms with Gasteiger partial charge in [0.25, 0.3) is 5.91 Å². The van der Waals surface area contributed by atoms with Crippen LogP contribution in [-0.2, 0) is 11.2 Å². The minimum Gasteiger partial charge on any atom is -0.378 e. The number of fused-ring (bicyclic) bond motifs is 3. The Balaban J connectivity index is 1.50. The molecule has 1 saturated heterocycles. The Morgan fingerprint density at radius 1 is 1.07 bits per heavy atom. The SMILES string of the molecule is NC(=O)c1cc(/C=C/C2CC2)cc2c1Cc1cc(C(=O)N3CCOCC3)ccc1-2. The Morgan fingerprint density at radius 2 is 1.86 bits per heavy atom. The summed E-state index contributed by atoms with van der Waals surface area (Å²) in [6.07, 6.45) is 7.42. The lowest BCUT2D eigenvalue weighted by Gasteiger charge is -2.27. The third-order valence-electron chi connectivity index (χ3n) is 6.03. The Morgan fingerprint density at radius 3 is 2.59 bits per heavy atom. The Kier molecular flexibility index (Phi) is 4.47.